The highest BCUT2D eigenvalue weighted by molar-refractivity contribution is 5.88. The summed E-state index contributed by atoms with van der Waals surface area (Å²) in [5.41, 5.74) is 4.45. The van der Waals surface area contributed by atoms with E-state index in [-0.39, 0.29) is 27.1 Å². The first-order chi connectivity index (χ1) is 23.2. The molecule has 1 amide bonds. The number of hydrogen-bond donors (Lipinski definition) is 2. The molecule has 1 aromatic carbocycles. The summed E-state index contributed by atoms with van der Waals surface area (Å²) in [7, 11) is 0. The van der Waals surface area contributed by atoms with E-state index in [1.165, 1.54) is 36.8 Å². The molecular weight excluding hydrogens is 606 g/mol. The molecule has 0 aliphatic heterocycles. The minimum absolute atomic E-state index is 0.00893. The third-order valence-corrected chi connectivity index (χ3v) is 16.0. The first-order valence-electron chi connectivity index (χ1n) is 19.1. The maximum atomic E-state index is 14.4. The molecule has 7 rings (SSSR count). The molecule has 2 aromatic rings. The lowest BCUT2D eigenvalue weighted by molar-refractivity contribution is -0.225. The number of carbonyl (C=O) groups is 2. The Labute approximate surface area is 294 Å². The van der Waals surface area contributed by atoms with Crippen molar-refractivity contribution in [2.75, 3.05) is 6.54 Å². The summed E-state index contributed by atoms with van der Waals surface area (Å²) in [4.78, 5) is 30.1. The van der Waals surface area contributed by atoms with E-state index in [0.29, 0.717) is 47.6 Å². The Morgan fingerprint density at radius 2 is 1.71 bits per heavy atom. The highest BCUT2D eigenvalue weighted by Gasteiger charge is 2.71. The molecule has 5 aliphatic rings. The van der Waals surface area contributed by atoms with Crippen molar-refractivity contribution in [1.82, 2.24) is 14.9 Å². The minimum Gasteiger partial charge on any atom is -0.478 e. The van der Waals surface area contributed by atoms with Crippen LogP contribution in [0.2, 0.25) is 0 Å². The van der Waals surface area contributed by atoms with E-state index in [1.54, 1.807) is 12.1 Å². The molecule has 2 N–H and O–H groups in total. The molecule has 0 saturated heterocycles. The predicted octanol–water partition coefficient (Wildman–Crippen LogP) is 9.44. The van der Waals surface area contributed by atoms with E-state index < -0.39 is 5.97 Å². The van der Waals surface area contributed by atoms with E-state index in [0.717, 1.165) is 50.6 Å². The number of nitrogens with zero attached hydrogens (tertiary/aromatic N) is 2. The minimum atomic E-state index is -0.874. The van der Waals surface area contributed by atoms with Crippen molar-refractivity contribution < 1.29 is 14.7 Å². The number of rotatable bonds is 8. The number of carboxylic acid groups (broad SMARTS) is 1. The lowest BCUT2D eigenvalue weighted by Gasteiger charge is -2.72. The Kier molecular flexibility index (Phi) is 8.39. The summed E-state index contributed by atoms with van der Waals surface area (Å²) >= 11 is 0. The second-order valence-corrected chi connectivity index (χ2v) is 18.2. The molecule has 6 heteroatoms. The summed E-state index contributed by atoms with van der Waals surface area (Å²) in [6.45, 7) is 21.1. The van der Waals surface area contributed by atoms with Gasteiger partial charge in [-0.3, -0.25) is 4.79 Å². The number of hydrogen-bond acceptors (Lipinski definition) is 3. The number of carboxylic acids is 1. The molecule has 6 nitrogen and oxygen atoms in total. The Morgan fingerprint density at radius 3 is 2.39 bits per heavy atom. The molecule has 4 fully saturated rings. The number of allylic oxidation sites excluding steroid dienone is 3. The smallest absolute Gasteiger partial charge is 0.335 e. The molecule has 4 saturated carbocycles. The number of carbonyl (C=O) groups excluding carboxylic acids is 1. The molecule has 1 aromatic heterocycles. The molecule has 49 heavy (non-hydrogen) atoms. The number of nitrogens with one attached hydrogen (secondary N) is 1. The van der Waals surface area contributed by atoms with E-state index in [9.17, 15) is 14.7 Å². The zero-order valence-corrected chi connectivity index (χ0v) is 30.9. The Morgan fingerprint density at radius 1 is 0.959 bits per heavy atom. The summed E-state index contributed by atoms with van der Waals surface area (Å²) < 4.78 is 2.09. The zero-order chi connectivity index (χ0) is 35.0. The Bertz CT molecular complexity index is 1640. The number of aromatic nitrogens is 2. The molecule has 5 aliphatic carbocycles. The quantitative estimate of drug-likeness (QED) is 0.217. The van der Waals surface area contributed by atoms with Gasteiger partial charge in [0.25, 0.3) is 0 Å². The van der Waals surface area contributed by atoms with E-state index >= 15 is 0 Å². The second-order valence-electron chi connectivity index (χ2n) is 18.2. The summed E-state index contributed by atoms with van der Waals surface area (Å²) in [5, 5.41) is 12.9. The molecule has 1 heterocycles. The third-order valence-electron chi connectivity index (χ3n) is 16.0. The van der Waals surface area contributed by atoms with E-state index in [2.05, 4.69) is 69.1 Å². The maximum Gasteiger partial charge on any atom is 0.335 e. The largest absolute Gasteiger partial charge is 0.478 e. The van der Waals surface area contributed by atoms with E-state index in [1.807, 2.05) is 30.9 Å². The van der Waals surface area contributed by atoms with Crippen LogP contribution in [-0.4, -0.2) is 33.1 Å². The highest BCUT2D eigenvalue weighted by Crippen LogP contribution is 2.77. The average Bonchev–Trinajstić information content (AvgIpc) is 3.72. The molecule has 0 bridgehead atoms. The number of amides is 1. The molecular formula is C43H59N3O3. The number of imidazole rings is 1. The van der Waals surface area contributed by atoms with Crippen LogP contribution >= 0.6 is 0 Å². The predicted molar refractivity (Wildman–Crippen MR) is 196 cm³/mol. The van der Waals surface area contributed by atoms with Crippen molar-refractivity contribution in [1.29, 1.82) is 0 Å². The Balaban J connectivity index is 1.16. The van der Waals surface area contributed by atoms with Gasteiger partial charge in [-0.15, -0.1) is 0 Å². The van der Waals surface area contributed by atoms with Crippen LogP contribution in [0.1, 0.15) is 122 Å². The third kappa shape index (κ3) is 5.04. The van der Waals surface area contributed by atoms with Crippen LogP contribution < -0.4 is 5.32 Å². The van der Waals surface area contributed by atoms with Gasteiger partial charge in [-0.1, -0.05) is 65.0 Å². The van der Waals surface area contributed by atoms with Crippen LogP contribution in [-0.2, 0) is 11.3 Å². The fourth-order valence-electron chi connectivity index (χ4n) is 13.5. The maximum absolute atomic E-state index is 14.4. The van der Waals surface area contributed by atoms with Gasteiger partial charge in [-0.2, -0.15) is 0 Å². The second kappa shape index (κ2) is 12.0. The van der Waals surface area contributed by atoms with Gasteiger partial charge in [0, 0.05) is 25.5 Å². The van der Waals surface area contributed by atoms with Gasteiger partial charge in [-0.05, 0) is 146 Å². The summed E-state index contributed by atoms with van der Waals surface area (Å²) in [6.07, 6.45) is 19.2. The topological polar surface area (TPSA) is 84.2 Å². The van der Waals surface area contributed by atoms with Crippen LogP contribution in [0.15, 0.2) is 61.2 Å². The highest BCUT2D eigenvalue weighted by atomic mass is 16.4. The molecule has 0 radical (unpaired) electrons. The summed E-state index contributed by atoms with van der Waals surface area (Å²) in [5.74, 6) is 1.92. The fourth-order valence-corrected chi connectivity index (χ4v) is 13.5. The van der Waals surface area contributed by atoms with Crippen molar-refractivity contribution >= 4 is 17.4 Å². The lowest BCUT2D eigenvalue weighted by atomic mass is 9.32. The van der Waals surface area contributed by atoms with Gasteiger partial charge in [0.05, 0.1) is 17.3 Å². The van der Waals surface area contributed by atoms with Gasteiger partial charge in [0.2, 0.25) is 5.91 Å². The first-order valence-corrected chi connectivity index (χ1v) is 19.1. The van der Waals surface area contributed by atoms with Crippen molar-refractivity contribution in [3.63, 3.8) is 0 Å². The van der Waals surface area contributed by atoms with Crippen molar-refractivity contribution in [3.8, 4) is 0 Å². The van der Waals surface area contributed by atoms with Crippen molar-refractivity contribution in [2.45, 2.75) is 112 Å². The normalized spacial score (nSPS) is 39.1. The van der Waals surface area contributed by atoms with Crippen LogP contribution in [0.25, 0.3) is 5.57 Å². The van der Waals surface area contributed by atoms with Crippen LogP contribution in [0.5, 0.6) is 0 Å². The fraction of sp³-hybridized carbons (Fsp3) is 0.651. The molecule has 0 spiro atoms. The van der Waals surface area contributed by atoms with Gasteiger partial charge >= 0.3 is 5.97 Å². The van der Waals surface area contributed by atoms with Gasteiger partial charge in [-0.25, -0.2) is 9.78 Å². The molecule has 0 unspecified atom stereocenters. The number of aryl methyl sites for hydroxylation is 1. The molecule has 9 atom stereocenters. The first kappa shape index (κ1) is 34.3. The standard InChI is InChI=1S/C43H59N3O3/c1-28(2)31-15-20-43(38(49)45-23-8-25-46-26-24-44-27-46)22-21-41(6)33(36(31)43)13-14-35-40(5)18-16-32(29-9-11-30(12-10-29)37(47)48)39(3,4)34(40)17-19-42(35,41)7/h9-12,16,24,26-27,31,33-36H,1,8,13-15,17-23,25H2,2-7H3,(H,45,49)(H,47,48)/t31-,33+,34-,35+,36+,40-,41+,42+,43-/m0/s1. The van der Waals surface area contributed by atoms with E-state index in [4.69, 9.17) is 0 Å². The number of fused-ring (bicyclic) bond motifs is 7. The van der Waals surface area contributed by atoms with Crippen molar-refractivity contribution in [3.05, 3.63) is 72.3 Å². The van der Waals surface area contributed by atoms with Crippen LogP contribution in [0.4, 0.5) is 0 Å². The van der Waals surface area contributed by atoms with Gasteiger partial charge in [0.1, 0.15) is 0 Å². The average molecular weight is 666 g/mol. The zero-order valence-electron chi connectivity index (χ0n) is 30.9. The summed E-state index contributed by atoms with van der Waals surface area (Å²) in [6, 6.07) is 7.55. The molecule has 264 valence electrons. The SMILES string of the molecule is C=C(C)[C@@H]1CC[C@]2(C(=O)NCCCn3ccnc3)CC[C@]3(C)[C@H](CC[C@@H]4[C@@]5(C)CC=C(c6ccc(C(=O)O)cc6)C(C)(C)[C@@H]5CC[C@]43C)[C@@H]12. The van der Waals surface area contributed by atoms with Crippen LogP contribution in [0.3, 0.4) is 0 Å². The number of benzene rings is 1. The van der Waals surface area contributed by atoms with Crippen LogP contribution in [0, 0.1) is 56.7 Å². The van der Waals surface area contributed by atoms with Crippen molar-refractivity contribution in [2.24, 2.45) is 56.7 Å². The lowest BCUT2D eigenvalue weighted by Crippen LogP contribution is -2.66. The number of aromatic carboxylic acids is 1. The van der Waals surface area contributed by atoms with Gasteiger partial charge < -0.3 is 15.0 Å². The van der Waals surface area contributed by atoms with Gasteiger partial charge in [0.15, 0.2) is 0 Å². The monoisotopic (exact) mass is 665 g/mol. The Hall–Kier alpha value is -3.15.